The fourth-order valence-corrected chi connectivity index (χ4v) is 0.951. The number of aryl methyl sites for hydroxylation is 2. The Kier molecular flexibility index (Phi) is 5.86. The molecule has 1 aromatic carbocycles. The molecule has 3 heteroatoms. The third-order valence-corrected chi connectivity index (χ3v) is 1.21. The first kappa shape index (κ1) is 11.5. The predicted octanol–water partition coefficient (Wildman–Crippen LogP) is 2.39. The summed E-state index contributed by atoms with van der Waals surface area (Å²) in [6.07, 6.45) is 0. The van der Waals surface area contributed by atoms with E-state index in [4.69, 9.17) is 5.11 Å². The van der Waals surface area contributed by atoms with Crippen LogP contribution in [0.5, 0.6) is 5.75 Å². The van der Waals surface area contributed by atoms with Crippen LogP contribution in [0.15, 0.2) is 18.2 Å². The Balaban J connectivity index is 0.000000354. The van der Waals surface area contributed by atoms with E-state index in [1.54, 1.807) is 12.1 Å². The number of hydrogen-bond acceptors (Lipinski definition) is 1. The van der Waals surface area contributed by atoms with Crippen LogP contribution in [0.3, 0.4) is 0 Å². The van der Waals surface area contributed by atoms with E-state index in [0.717, 1.165) is 11.1 Å². The second-order valence-corrected chi connectivity index (χ2v) is 2.90. The average molecular weight is 203 g/mol. The van der Waals surface area contributed by atoms with Crippen LogP contribution in [0.4, 0.5) is 3.09 Å². The fraction of sp³-hybridized carbons (Fsp3) is 0.222. The number of phenols is 1. The first-order valence-corrected chi connectivity index (χ1v) is 5.19. The van der Waals surface area contributed by atoms with Crippen LogP contribution in [0.1, 0.15) is 11.1 Å². The van der Waals surface area contributed by atoms with Gasteiger partial charge < -0.3 is 5.11 Å². The summed E-state index contributed by atoms with van der Waals surface area (Å²) in [5.74, 6) is 0.354. The van der Waals surface area contributed by atoms with Gasteiger partial charge in [-0.1, -0.05) is 6.07 Å². The molecular formula is C9H12FOTi. The van der Waals surface area contributed by atoms with Gasteiger partial charge in [-0.15, -0.1) is 0 Å². The van der Waals surface area contributed by atoms with Crippen molar-refractivity contribution in [1.82, 2.24) is 0 Å². The Morgan fingerprint density at radius 1 is 1.25 bits per heavy atom. The molecule has 0 aliphatic carbocycles. The maximum atomic E-state index is 10.3. The van der Waals surface area contributed by atoms with Crippen molar-refractivity contribution in [3.8, 4) is 5.75 Å². The van der Waals surface area contributed by atoms with E-state index in [0.29, 0.717) is 5.75 Å². The van der Waals surface area contributed by atoms with Crippen LogP contribution >= 0.6 is 0 Å². The van der Waals surface area contributed by atoms with Gasteiger partial charge in [0.05, 0.1) is 0 Å². The molecular weight excluding hydrogens is 191 g/mol. The second kappa shape index (κ2) is 6.10. The van der Waals surface area contributed by atoms with Gasteiger partial charge in [0, 0.05) is 0 Å². The van der Waals surface area contributed by atoms with Crippen molar-refractivity contribution in [3.63, 3.8) is 0 Å². The molecule has 0 aliphatic rings. The maximum absolute atomic E-state index is 10.3. The third-order valence-electron chi connectivity index (χ3n) is 1.21. The van der Waals surface area contributed by atoms with Gasteiger partial charge in [0.2, 0.25) is 0 Å². The van der Waals surface area contributed by atoms with Crippen molar-refractivity contribution in [3.05, 3.63) is 29.3 Å². The SMILES string of the molecule is Cc1cc(C)cc(O)c1.[CH2]=[Ti][F]. The van der Waals surface area contributed by atoms with Crippen molar-refractivity contribution >= 4 is 4.82 Å². The van der Waals surface area contributed by atoms with Gasteiger partial charge in [-0.25, -0.2) is 0 Å². The number of halogens is 1. The van der Waals surface area contributed by atoms with Crippen LogP contribution < -0.4 is 0 Å². The topological polar surface area (TPSA) is 20.2 Å². The summed E-state index contributed by atoms with van der Waals surface area (Å²) in [5.41, 5.74) is 2.21. The molecule has 0 bridgehead atoms. The first-order chi connectivity index (χ1) is 5.60. The van der Waals surface area contributed by atoms with Gasteiger partial charge >= 0.3 is 27.1 Å². The molecule has 0 unspecified atom stereocenters. The van der Waals surface area contributed by atoms with Crippen LogP contribution in [0.25, 0.3) is 0 Å². The molecule has 0 atom stereocenters. The van der Waals surface area contributed by atoms with Crippen LogP contribution in [0, 0.1) is 13.8 Å². The molecule has 0 fully saturated rings. The van der Waals surface area contributed by atoms with E-state index < -0.39 is 19.2 Å². The minimum atomic E-state index is -1.25. The van der Waals surface area contributed by atoms with Crippen molar-refractivity contribution < 1.29 is 27.4 Å². The van der Waals surface area contributed by atoms with Gasteiger partial charge in [-0.3, -0.25) is 0 Å². The molecule has 1 nitrogen and oxygen atoms in total. The molecule has 0 aliphatic heterocycles. The van der Waals surface area contributed by atoms with Crippen molar-refractivity contribution in [2.75, 3.05) is 0 Å². The molecule has 1 N–H and O–H groups in total. The summed E-state index contributed by atoms with van der Waals surface area (Å²) in [6.45, 7) is 3.93. The van der Waals surface area contributed by atoms with Crippen molar-refractivity contribution in [1.29, 1.82) is 0 Å². The summed E-state index contributed by atoms with van der Waals surface area (Å²) >= 11 is -1.25. The third kappa shape index (κ3) is 5.22. The molecule has 0 spiro atoms. The number of rotatable bonds is 0. The van der Waals surface area contributed by atoms with E-state index in [1.807, 2.05) is 19.9 Å². The van der Waals surface area contributed by atoms with Gasteiger partial charge in [-0.2, -0.15) is 0 Å². The van der Waals surface area contributed by atoms with Crippen molar-refractivity contribution in [2.24, 2.45) is 0 Å². The number of phenolic OH excluding ortho intramolecular Hbond substituents is 1. The van der Waals surface area contributed by atoms with E-state index in [-0.39, 0.29) is 0 Å². The van der Waals surface area contributed by atoms with Gasteiger partial charge in [-0.05, 0) is 37.1 Å². The zero-order valence-corrected chi connectivity index (χ0v) is 8.83. The Bertz CT molecular complexity index is 210. The summed E-state index contributed by atoms with van der Waals surface area (Å²) in [4.78, 5) is 2.94. The standard InChI is InChI=1S/C8H10O.CH2.FH.Ti/c1-6-3-7(2)5-8(9)4-6;;;/h3-5,9H,1-2H3;1H2;1H;/q;;;+1/p-1. The zero-order valence-electron chi connectivity index (χ0n) is 7.26. The molecule has 0 aromatic heterocycles. The second-order valence-electron chi connectivity index (χ2n) is 2.48. The fourth-order valence-electron chi connectivity index (χ4n) is 0.951. The van der Waals surface area contributed by atoms with Gasteiger partial charge in [0.1, 0.15) is 5.75 Å². The van der Waals surface area contributed by atoms with Crippen LogP contribution in [0.2, 0.25) is 0 Å². The van der Waals surface area contributed by atoms with E-state index in [1.165, 1.54) is 0 Å². The Hall–Kier alpha value is -0.466. The summed E-state index contributed by atoms with van der Waals surface area (Å²) in [5, 5.41) is 8.99. The number of aromatic hydroxyl groups is 1. The van der Waals surface area contributed by atoms with E-state index >= 15 is 0 Å². The number of benzene rings is 1. The Labute approximate surface area is 81.3 Å². The molecule has 65 valence electrons. The van der Waals surface area contributed by atoms with Crippen LogP contribution in [-0.2, 0) is 19.2 Å². The van der Waals surface area contributed by atoms with Crippen molar-refractivity contribution in [2.45, 2.75) is 13.8 Å². The molecule has 0 amide bonds. The summed E-state index contributed by atoms with van der Waals surface area (Å²) < 4.78 is 10.3. The quantitative estimate of drug-likeness (QED) is 0.642. The first-order valence-electron chi connectivity index (χ1n) is 3.50. The zero-order chi connectivity index (χ0) is 9.56. The molecule has 0 heterocycles. The molecule has 1 rings (SSSR count). The molecule has 1 aromatic rings. The summed E-state index contributed by atoms with van der Waals surface area (Å²) in [6, 6.07) is 5.51. The Morgan fingerprint density at radius 2 is 1.58 bits per heavy atom. The minimum absolute atomic E-state index is 0.354. The molecule has 0 saturated carbocycles. The number of hydrogen-bond donors (Lipinski definition) is 1. The van der Waals surface area contributed by atoms with E-state index in [9.17, 15) is 3.09 Å². The normalized spacial score (nSPS) is 7.92. The van der Waals surface area contributed by atoms with Gasteiger partial charge in [0.15, 0.2) is 0 Å². The Morgan fingerprint density at radius 3 is 1.83 bits per heavy atom. The molecule has 0 saturated heterocycles. The monoisotopic (exact) mass is 203 g/mol. The summed E-state index contributed by atoms with van der Waals surface area (Å²) in [7, 11) is 0. The van der Waals surface area contributed by atoms with E-state index in [2.05, 4.69) is 4.82 Å². The van der Waals surface area contributed by atoms with Gasteiger partial charge in [0.25, 0.3) is 0 Å². The van der Waals surface area contributed by atoms with Crippen LogP contribution in [-0.4, -0.2) is 9.92 Å². The molecule has 0 radical (unpaired) electrons. The predicted molar refractivity (Wildman–Crippen MR) is 45.8 cm³/mol. The average Bonchev–Trinajstić information content (AvgIpc) is 1.84. The molecule has 12 heavy (non-hydrogen) atoms.